The molecule has 0 spiro atoms. The van der Waals surface area contributed by atoms with Gasteiger partial charge in [-0.2, -0.15) is 5.10 Å². The molecule has 0 saturated heterocycles. The zero-order chi connectivity index (χ0) is 13.2. The Labute approximate surface area is 111 Å². The maximum Gasteiger partial charge on any atom is 0.148 e. The lowest BCUT2D eigenvalue weighted by atomic mass is 10.2. The molecule has 7 heteroatoms. The summed E-state index contributed by atoms with van der Waals surface area (Å²) in [5, 5.41) is 7.32. The highest BCUT2D eigenvalue weighted by molar-refractivity contribution is 9.10. The molecule has 5 nitrogen and oxygen atoms in total. The van der Waals surface area contributed by atoms with E-state index < -0.39 is 9.84 Å². The van der Waals surface area contributed by atoms with Crippen LogP contribution in [0, 0.1) is 6.92 Å². The molecular weight excluding hydrogens is 306 g/mol. The Bertz CT molecular complexity index is 496. The van der Waals surface area contributed by atoms with Gasteiger partial charge >= 0.3 is 0 Å². The van der Waals surface area contributed by atoms with Crippen molar-refractivity contribution in [1.82, 2.24) is 15.1 Å². The van der Waals surface area contributed by atoms with E-state index in [-0.39, 0.29) is 11.8 Å². The summed E-state index contributed by atoms with van der Waals surface area (Å²) in [6.07, 6.45) is 1.88. The third-order valence-corrected chi connectivity index (χ3v) is 4.65. The van der Waals surface area contributed by atoms with Crippen molar-refractivity contribution in [2.45, 2.75) is 19.4 Å². The van der Waals surface area contributed by atoms with Crippen molar-refractivity contribution in [3.8, 4) is 0 Å². The summed E-state index contributed by atoms with van der Waals surface area (Å²) in [4.78, 5) is 0. The van der Waals surface area contributed by atoms with Crippen LogP contribution in [0.2, 0.25) is 0 Å². The average Bonchev–Trinajstić information content (AvgIpc) is 2.42. The molecule has 0 amide bonds. The summed E-state index contributed by atoms with van der Waals surface area (Å²) < 4.78 is 25.3. The predicted octanol–water partition coefficient (Wildman–Crippen LogP) is 0.666. The third-order valence-electron chi connectivity index (χ3n) is 2.61. The van der Waals surface area contributed by atoms with Crippen molar-refractivity contribution in [3.63, 3.8) is 0 Å². The van der Waals surface area contributed by atoms with Crippen LogP contribution in [0.25, 0.3) is 0 Å². The second-order valence-electron chi connectivity index (χ2n) is 4.25. The topological polar surface area (TPSA) is 64.0 Å². The van der Waals surface area contributed by atoms with Gasteiger partial charge in [-0.15, -0.1) is 0 Å². The van der Waals surface area contributed by atoms with Crippen LogP contribution < -0.4 is 5.32 Å². The van der Waals surface area contributed by atoms with E-state index >= 15 is 0 Å². The average molecular weight is 324 g/mol. The quantitative estimate of drug-likeness (QED) is 0.865. The highest BCUT2D eigenvalue weighted by Crippen LogP contribution is 2.21. The number of nitrogens with zero attached hydrogens (tertiary/aromatic N) is 2. The molecule has 1 N–H and O–H groups in total. The van der Waals surface area contributed by atoms with Gasteiger partial charge in [-0.3, -0.25) is 4.68 Å². The van der Waals surface area contributed by atoms with Crippen molar-refractivity contribution >= 4 is 25.8 Å². The lowest BCUT2D eigenvalue weighted by Gasteiger charge is -2.15. The highest BCUT2D eigenvalue weighted by Gasteiger charge is 2.19. The van der Waals surface area contributed by atoms with Crippen LogP contribution in [0.1, 0.15) is 11.4 Å². The van der Waals surface area contributed by atoms with E-state index in [1.807, 2.05) is 14.0 Å². The van der Waals surface area contributed by atoms with Gasteiger partial charge in [0.25, 0.3) is 0 Å². The minimum Gasteiger partial charge on any atom is -0.316 e. The summed E-state index contributed by atoms with van der Waals surface area (Å²) in [5.74, 6) is 0.125. The van der Waals surface area contributed by atoms with Crippen LogP contribution >= 0.6 is 15.9 Å². The number of rotatable bonds is 5. The van der Waals surface area contributed by atoms with E-state index in [1.165, 1.54) is 6.26 Å². The minimum atomic E-state index is -2.98. The molecule has 0 aliphatic carbocycles. The van der Waals surface area contributed by atoms with Crippen molar-refractivity contribution in [1.29, 1.82) is 0 Å². The number of aryl methyl sites for hydroxylation is 2. The van der Waals surface area contributed by atoms with Crippen LogP contribution in [-0.2, 0) is 23.3 Å². The Kier molecular flexibility index (Phi) is 4.74. The molecule has 1 rings (SSSR count). The molecule has 1 aromatic heterocycles. The SMILES string of the molecule is CNC(Cc1c(Br)c(C)nn1C)CS(C)(=O)=O. The second kappa shape index (κ2) is 5.49. The van der Waals surface area contributed by atoms with Gasteiger partial charge in [0.15, 0.2) is 0 Å². The first-order valence-corrected chi connectivity index (χ1v) is 8.13. The first-order valence-electron chi connectivity index (χ1n) is 5.27. The molecule has 0 aromatic carbocycles. The molecule has 1 aromatic rings. The zero-order valence-corrected chi connectivity index (χ0v) is 12.9. The van der Waals surface area contributed by atoms with Crippen molar-refractivity contribution < 1.29 is 8.42 Å². The molecular formula is C10H18BrN3O2S. The van der Waals surface area contributed by atoms with Gasteiger partial charge in [0, 0.05) is 25.8 Å². The molecule has 0 bridgehead atoms. The minimum absolute atomic E-state index is 0.101. The van der Waals surface area contributed by atoms with E-state index in [4.69, 9.17) is 0 Å². The largest absolute Gasteiger partial charge is 0.316 e. The number of nitrogens with one attached hydrogen (secondary N) is 1. The second-order valence-corrected chi connectivity index (χ2v) is 7.23. The van der Waals surface area contributed by atoms with E-state index in [1.54, 1.807) is 11.7 Å². The molecule has 1 atom stereocenters. The molecule has 98 valence electrons. The summed E-state index contributed by atoms with van der Waals surface area (Å²) in [6, 6.07) is -0.101. The van der Waals surface area contributed by atoms with Crippen LogP contribution in [0.4, 0.5) is 0 Å². The monoisotopic (exact) mass is 323 g/mol. The number of sulfone groups is 1. The Balaban J connectivity index is 2.88. The summed E-state index contributed by atoms with van der Waals surface area (Å²) in [7, 11) is 0.650. The third kappa shape index (κ3) is 4.08. The molecule has 17 heavy (non-hydrogen) atoms. The zero-order valence-electron chi connectivity index (χ0n) is 10.5. The fraction of sp³-hybridized carbons (Fsp3) is 0.700. The maximum atomic E-state index is 11.3. The highest BCUT2D eigenvalue weighted by atomic mass is 79.9. The fourth-order valence-corrected chi connectivity index (χ4v) is 3.26. The molecule has 0 aliphatic heterocycles. The van der Waals surface area contributed by atoms with Gasteiger partial charge in [-0.25, -0.2) is 8.42 Å². The van der Waals surface area contributed by atoms with Crippen LogP contribution in [0.5, 0.6) is 0 Å². The Morgan fingerprint density at radius 3 is 2.47 bits per heavy atom. The van der Waals surface area contributed by atoms with Crippen LogP contribution in [-0.4, -0.2) is 43.3 Å². The Hall–Kier alpha value is -0.400. The first-order chi connectivity index (χ1) is 7.74. The van der Waals surface area contributed by atoms with E-state index in [9.17, 15) is 8.42 Å². The van der Waals surface area contributed by atoms with Gasteiger partial charge in [-0.1, -0.05) is 0 Å². The Morgan fingerprint density at radius 2 is 2.12 bits per heavy atom. The molecule has 1 unspecified atom stereocenters. The lowest BCUT2D eigenvalue weighted by molar-refractivity contribution is 0.551. The number of halogens is 1. The van der Waals surface area contributed by atoms with Gasteiger partial charge < -0.3 is 5.32 Å². The van der Waals surface area contributed by atoms with Crippen molar-refractivity contribution in [3.05, 3.63) is 15.9 Å². The first kappa shape index (κ1) is 14.7. The van der Waals surface area contributed by atoms with Crippen molar-refractivity contribution in [2.24, 2.45) is 7.05 Å². The van der Waals surface area contributed by atoms with E-state index in [0.717, 1.165) is 15.9 Å². The summed E-state index contributed by atoms with van der Waals surface area (Å²) in [6.45, 7) is 1.92. The van der Waals surface area contributed by atoms with Gasteiger partial charge in [0.05, 0.1) is 21.6 Å². The standard InChI is InChI=1S/C10H18BrN3O2S/c1-7-10(11)9(14(3)13-7)5-8(12-2)6-17(4,15)16/h8,12H,5-6H2,1-4H3. The molecule has 0 fully saturated rings. The van der Waals surface area contributed by atoms with Gasteiger partial charge in [-0.05, 0) is 29.9 Å². The Morgan fingerprint density at radius 1 is 1.53 bits per heavy atom. The lowest BCUT2D eigenvalue weighted by Crippen LogP contribution is -2.35. The summed E-state index contributed by atoms with van der Waals surface area (Å²) in [5.41, 5.74) is 1.92. The van der Waals surface area contributed by atoms with E-state index in [2.05, 4.69) is 26.3 Å². The number of hydrogen-bond donors (Lipinski definition) is 1. The molecule has 1 heterocycles. The van der Waals surface area contributed by atoms with Gasteiger partial charge in [0.2, 0.25) is 0 Å². The molecule has 0 radical (unpaired) electrons. The number of aromatic nitrogens is 2. The smallest absolute Gasteiger partial charge is 0.148 e. The van der Waals surface area contributed by atoms with Crippen LogP contribution in [0.3, 0.4) is 0 Å². The molecule has 0 saturated carbocycles. The summed E-state index contributed by atoms with van der Waals surface area (Å²) >= 11 is 3.48. The predicted molar refractivity (Wildman–Crippen MR) is 71.9 cm³/mol. The van der Waals surface area contributed by atoms with Crippen molar-refractivity contribution in [2.75, 3.05) is 19.1 Å². The maximum absolute atomic E-state index is 11.3. The normalized spacial score (nSPS) is 13.9. The van der Waals surface area contributed by atoms with Crippen LogP contribution in [0.15, 0.2) is 4.47 Å². The van der Waals surface area contributed by atoms with Gasteiger partial charge in [0.1, 0.15) is 9.84 Å². The fourth-order valence-electron chi connectivity index (χ4n) is 1.75. The number of hydrogen-bond acceptors (Lipinski definition) is 4. The number of likely N-dealkylation sites (N-methyl/N-ethyl adjacent to an activating group) is 1. The molecule has 0 aliphatic rings. The van der Waals surface area contributed by atoms with E-state index in [0.29, 0.717) is 6.42 Å².